The van der Waals surface area contributed by atoms with E-state index in [9.17, 15) is 21.6 Å². The number of hydrogen-bond acceptors (Lipinski definition) is 3. The molecule has 0 aliphatic heterocycles. The van der Waals surface area contributed by atoms with Crippen LogP contribution in [0.15, 0.2) is 14.7 Å². The van der Waals surface area contributed by atoms with E-state index in [-0.39, 0.29) is 4.90 Å². The van der Waals surface area contributed by atoms with Gasteiger partial charge in [0.05, 0.1) is 15.1 Å². The summed E-state index contributed by atoms with van der Waals surface area (Å²) in [7, 11) is -3.86. The van der Waals surface area contributed by atoms with Crippen LogP contribution in [-0.4, -0.2) is 21.1 Å². The number of hydrogen-bond donors (Lipinski definition) is 1. The second kappa shape index (κ2) is 5.25. The number of sulfonamides is 1. The third-order valence-electron chi connectivity index (χ3n) is 1.83. The Labute approximate surface area is 109 Å². The lowest BCUT2D eigenvalue weighted by Gasteiger charge is -2.08. The molecule has 17 heavy (non-hydrogen) atoms. The van der Waals surface area contributed by atoms with Gasteiger partial charge in [-0.05, 0) is 28.9 Å². The molecule has 9 heteroatoms. The van der Waals surface area contributed by atoms with Gasteiger partial charge in [-0.25, -0.2) is 13.1 Å². The first-order valence-electron chi connectivity index (χ1n) is 4.44. The molecule has 1 aromatic rings. The zero-order valence-corrected chi connectivity index (χ0v) is 11.9. The van der Waals surface area contributed by atoms with E-state index >= 15 is 0 Å². The van der Waals surface area contributed by atoms with E-state index in [0.29, 0.717) is 8.66 Å². The summed E-state index contributed by atoms with van der Waals surface area (Å²) in [4.78, 5) is 0.535. The fraction of sp³-hybridized carbons (Fsp3) is 0.500. The SMILES string of the molecule is Cc1sc(Br)cc1S(=O)(=O)NCCC(F)(F)F. The first-order chi connectivity index (χ1) is 7.62. The van der Waals surface area contributed by atoms with E-state index in [1.165, 1.54) is 17.4 Å². The molecule has 0 atom stereocenters. The third-order valence-corrected chi connectivity index (χ3v) is 5.10. The molecule has 0 saturated carbocycles. The summed E-state index contributed by atoms with van der Waals surface area (Å²) in [5.41, 5.74) is 0. The van der Waals surface area contributed by atoms with Gasteiger partial charge in [0.2, 0.25) is 10.0 Å². The monoisotopic (exact) mass is 351 g/mol. The molecule has 1 N–H and O–H groups in total. The summed E-state index contributed by atoms with van der Waals surface area (Å²) in [5, 5.41) is 0. The zero-order chi connectivity index (χ0) is 13.3. The van der Waals surface area contributed by atoms with Gasteiger partial charge in [0, 0.05) is 11.4 Å². The first kappa shape index (κ1) is 14.9. The maximum absolute atomic E-state index is 11.9. The van der Waals surface area contributed by atoms with Gasteiger partial charge in [-0.3, -0.25) is 0 Å². The molecule has 0 fully saturated rings. The largest absolute Gasteiger partial charge is 0.390 e. The summed E-state index contributed by atoms with van der Waals surface area (Å²) in [6.07, 6.45) is -5.55. The maximum Gasteiger partial charge on any atom is 0.390 e. The van der Waals surface area contributed by atoms with Crippen LogP contribution in [-0.2, 0) is 10.0 Å². The number of thiophene rings is 1. The molecule has 0 unspecified atom stereocenters. The highest BCUT2D eigenvalue weighted by Gasteiger charge is 2.28. The second-order valence-electron chi connectivity index (χ2n) is 3.23. The average molecular weight is 352 g/mol. The summed E-state index contributed by atoms with van der Waals surface area (Å²) >= 11 is 4.33. The van der Waals surface area contributed by atoms with Crippen LogP contribution in [0.1, 0.15) is 11.3 Å². The van der Waals surface area contributed by atoms with Gasteiger partial charge in [0.25, 0.3) is 0 Å². The van der Waals surface area contributed by atoms with Crippen LogP contribution < -0.4 is 4.72 Å². The minimum Gasteiger partial charge on any atom is -0.211 e. The molecule has 0 spiro atoms. The normalized spacial score (nSPS) is 13.0. The van der Waals surface area contributed by atoms with Gasteiger partial charge in [-0.1, -0.05) is 0 Å². The molecule has 3 nitrogen and oxygen atoms in total. The summed E-state index contributed by atoms with van der Waals surface area (Å²) in [6, 6.07) is 1.37. The Morgan fingerprint density at radius 2 is 2.06 bits per heavy atom. The van der Waals surface area contributed by atoms with E-state index in [2.05, 4.69) is 15.9 Å². The quantitative estimate of drug-likeness (QED) is 0.906. The van der Waals surface area contributed by atoms with Gasteiger partial charge in [0.15, 0.2) is 0 Å². The lowest BCUT2D eigenvalue weighted by Crippen LogP contribution is -2.28. The van der Waals surface area contributed by atoms with Crippen molar-refractivity contribution >= 4 is 37.3 Å². The van der Waals surface area contributed by atoms with Crippen molar-refractivity contribution in [2.45, 2.75) is 24.4 Å². The number of halogens is 4. The molecular formula is C8H9BrF3NO2S2. The van der Waals surface area contributed by atoms with Crippen LogP contribution in [0.2, 0.25) is 0 Å². The average Bonchev–Trinajstić information content (AvgIpc) is 2.43. The Bertz CT molecular complexity index is 495. The fourth-order valence-corrected chi connectivity index (χ4v) is 4.55. The molecule has 1 rings (SSSR count). The third kappa shape index (κ3) is 4.57. The molecule has 0 saturated heterocycles. The number of nitrogens with one attached hydrogen (secondary N) is 1. The second-order valence-corrected chi connectivity index (χ2v) is 7.60. The van der Waals surface area contributed by atoms with Crippen molar-refractivity contribution in [1.29, 1.82) is 0 Å². The molecule has 0 amide bonds. The molecule has 0 aliphatic carbocycles. The summed E-state index contributed by atoms with van der Waals surface area (Å²) in [6.45, 7) is 0.937. The predicted molar refractivity (Wildman–Crippen MR) is 62.6 cm³/mol. The van der Waals surface area contributed by atoms with E-state index in [4.69, 9.17) is 0 Å². The van der Waals surface area contributed by atoms with E-state index in [1.54, 1.807) is 6.92 Å². The van der Waals surface area contributed by atoms with Crippen LogP contribution in [0.4, 0.5) is 13.2 Å². The molecule has 98 valence electrons. The van der Waals surface area contributed by atoms with Gasteiger partial charge in [-0.2, -0.15) is 13.2 Å². The van der Waals surface area contributed by atoms with E-state index in [1.807, 2.05) is 4.72 Å². The Morgan fingerprint density at radius 1 is 1.47 bits per heavy atom. The van der Waals surface area contributed by atoms with Crippen LogP contribution >= 0.6 is 27.3 Å². The Morgan fingerprint density at radius 3 is 2.47 bits per heavy atom. The van der Waals surface area contributed by atoms with Crippen molar-refractivity contribution in [1.82, 2.24) is 4.72 Å². The molecule has 0 aliphatic rings. The number of rotatable bonds is 4. The molecular weight excluding hydrogens is 343 g/mol. The predicted octanol–water partition coefficient (Wildman–Crippen LogP) is 3.05. The molecule has 0 aromatic carbocycles. The van der Waals surface area contributed by atoms with Gasteiger partial charge < -0.3 is 0 Å². The Hall–Kier alpha value is -0.120. The van der Waals surface area contributed by atoms with Crippen molar-refractivity contribution in [3.63, 3.8) is 0 Å². The summed E-state index contributed by atoms with van der Waals surface area (Å²) in [5.74, 6) is 0. The number of aryl methyl sites for hydroxylation is 1. The van der Waals surface area contributed by atoms with Crippen LogP contribution in [0.3, 0.4) is 0 Å². The Kier molecular flexibility index (Phi) is 4.61. The van der Waals surface area contributed by atoms with E-state index < -0.39 is 29.2 Å². The van der Waals surface area contributed by atoms with Gasteiger partial charge >= 0.3 is 6.18 Å². The van der Waals surface area contributed by atoms with Crippen LogP contribution in [0.25, 0.3) is 0 Å². The van der Waals surface area contributed by atoms with Crippen molar-refractivity contribution in [2.75, 3.05) is 6.54 Å². The topological polar surface area (TPSA) is 46.2 Å². The first-order valence-corrected chi connectivity index (χ1v) is 7.53. The molecule has 0 bridgehead atoms. The Balaban J connectivity index is 2.73. The van der Waals surface area contributed by atoms with Crippen molar-refractivity contribution in [3.8, 4) is 0 Å². The van der Waals surface area contributed by atoms with E-state index in [0.717, 1.165) is 0 Å². The minimum absolute atomic E-state index is 0.0107. The number of alkyl halides is 3. The lowest BCUT2D eigenvalue weighted by atomic mass is 10.4. The maximum atomic E-state index is 11.9. The minimum atomic E-state index is -4.37. The molecule has 1 heterocycles. The smallest absolute Gasteiger partial charge is 0.211 e. The highest BCUT2D eigenvalue weighted by molar-refractivity contribution is 9.11. The van der Waals surface area contributed by atoms with Crippen molar-refractivity contribution in [3.05, 3.63) is 14.7 Å². The van der Waals surface area contributed by atoms with Crippen molar-refractivity contribution in [2.24, 2.45) is 0 Å². The highest BCUT2D eigenvalue weighted by Crippen LogP contribution is 2.29. The molecule has 1 aromatic heterocycles. The standard InChI is InChI=1S/C8H9BrF3NO2S2/c1-5-6(4-7(9)16-5)17(14,15)13-3-2-8(10,11)12/h4,13H,2-3H2,1H3. The van der Waals surface area contributed by atoms with Crippen molar-refractivity contribution < 1.29 is 21.6 Å². The highest BCUT2D eigenvalue weighted by atomic mass is 79.9. The summed E-state index contributed by atoms with van der Waals surface area (Å²) < 4.78 is 61.5. The zero-order valence-electron chi connectivity index (χ0n) is 8.64. The van der Waals surface area contributed by atoms with Gasteiger partial charge in [0.1, 0.15) is 0 Å². The van der Waals surface area contributed by atoms with Crippen LogP contribution in [0.5, 0.6) is 0 Å². The van der Waals surface area contributed by atoms with Gasteiger partial charge in [-0.15, -0.1) is 11.3 Å². The fourth-order valence-electron chi connectivity index (χ4n) is 1.10. The van der Waals surface area contributed by atoms with Crippen LogP contribution in [0, 0.1) is 6.92 Å². The molecule has 0 radical (unpaired) electrons. The lowest BCUT2D eigenvalue weighted by molar-refractivity contribution is -0.132.